The molecule has 116 valence electrons. The number of hydrogen-bond donors (Lipinski definition) is 2. The lowest BCUT2D eigenvalue weighted by Gasteiger charge is -2.41. The molecule has 3 atom stereocenters. The zero-order chi connectivity index (χ0) is 14.8. The first kappa shape index (κ1) is 15.8. The van der Waals surface area contributed by atoms with Crippen molar-refractivity contribution in [2.45, 2.75) is 62.7 Å². The van der Waals surface area contributed by atoms with Crippen LogP contribution >= 0.6 is 0 Å². The van der Waals surface area contributed by atoms with Crippen LogP contribution in [0, 0.1) is 5.92 Å². The van der Waals surface area contributed by atoms with Gasteiger partial charge >= 0.3 is 0 Å². The Morgan fingerprint density at radius 1 is 1.30 bits per heavy atom. The van der Waals surface area contributed by atoms with Gasteiger partial charge in [-0.1, -0.05) is 26.2 Å². The van der Waals surface area contributed by atoms with Gasteiger partial charge in [0.05, 0.1) is 11.3 Å². The predicted octanol–water partition coefficient (Wildman–Crippen LogP) is 0.978. The van der Waals surface area contributed by atoms with Gasteiger partial charge in [-0.2, -0.15) is 0 Å². The van der Waals surface area contributed by atoms with E-state index in [1.807, 2.05) is 0 Å². The van der Waals surface area contributed by atoms with Crippen LogP contribution in [0.1, 0.15) is 51.9 Å². The molecule has 1 saturated heterocycles. The summed E-state index contributed by atoms with van der Waals surface area (Å²) in [5, 5.41) is 2.13. The summed E-state index contributed by atoms with van der Waals surface area (Å²) in [6, 6.07) is 0. The Balaban J connectivity index is 2.09. The molecular formula is C14H26N2O3S. The Morgan fingerprint density at radius 2 is 2.05 bits per heavy atom. The maximum absolute atomic E-state index is 12.4. The van der Waals surface area contributed by atoms with Gasteiger partial charge in [-0.15, -0.1) is 0 Å². The average Bonchev–Trinajstić information content (AvgIpc) is 2.38. The number of nitrogens with one attached hydrogen (secondary N) is 1. The number of carbonyl (C=O) groups is 1. The summed E-state index contributed by atoms with van der Waals surface area (Å²) in [6.07, 6.45) is 5.82. The van der Waals surface area contributed by atoms with Crippen LogP contribution < -0.4 is 11.1 Å². The Hall–Kier alpha value is -0.620. The molecule has 2 rings (SSSR count). The monoisotopic (exact) mass is 302 g/mol. The van der Waals surface area contributed by atoms with Gasteiger partial charge in [0.2, 0.25) is 5.91 Å². The lowest BCUT2D eigenvalue weighted by atomic mass is 9.76. The quantitative estimate of drug-likeness (QED) is 0.813. The normalized spacial score (nSPS) is 37.3. The molecule has 3 N–H and O–H groups in total. The van der Waals surface area contributed by atoms with Gasteiger partial charge in [0.15, 0.2) is 9.84 Å². The average molecular weight is 302 g/mol. The highest BCUT2D eigenvalue weighted by molar-refractivity contribution is 7.92. The van der Waals surface area contributed by atoms with Crippen molar-refractivity contribution in [3.63, 3.8) is 0 Å². The van der Waals surface area contributed by atoms with Crippen molar-refractivity contribution in [3.05, 3.63) is 0 Å². The van der Waals surface area contributed by atoms with Crippen molar-refractivity contribution >= 4 is 15.7 Å². The minimum absolute atomic E-state index is 0.136. The van der Waals surface area contributed by atoms with E-state index >= 15 is 0 Å². The molecule has 1 amide bonds. The van der Waals surface area contributed by atoms with Crippen molar-refractivity contribution in [2.75, 3.05) is 12.3 Å². The second-order valence-electron chi connectivity index (χ2n) is 6.53. The van der Waals surface area contributed by atoms with Crippen LogP contribution in [0.4, 0.5) is 0 Å². The maximum atomic E-state index is 12.4. The largest absolute Gasteiger partial charge is 0.348 e. The highest BCUT2D eigenvalue weighted by Crippen LogP contribution is 2.32. The van der Waals surface area contributed by atoms with E-state index in [1.165, 1.54) is 0 Å². The number of hydrogen-bond acceptors (Lipinski definition) is 4. The van der Waals surface area contributed by atoms with E-state index < -0.39 is 20.6 Å². The fourth-order valence-corrected chi connectivity index (χ4v) is 5.40. The molecule has 0 radical (unpaired) electrons. The van der Waals surface area contributed by atoms with Gasteiger partial charge in [-0.3, -0.25) is 4.79 Å². The maximum Gasteiger partial charge on any atom is 0.238 e. The van der Waals surface area contributed by atoms with E-state index in [1.54, 1.807) is 0 Å². The zero-order valence-electron chi connectivity index (χ0n) is 12.2. The second kappa shape index (κ2) is 6.02. The minimum atomic E-state index is -3.27. The Labute approximate surface area is 121 Å². The van der Waals surface area contributed by atoms with Crippen LogP contribution in [0.5, 0.6) is 0 Å². The van der Waals surface area contributed by atoms with E-state index in [2.05, 4.69) is 12.2 Å². The fourth-order valence-electron chi connectivity index (χ4n) is 3.60. The molecule has 0 aromatic heterocycles. The minimum Gasteiger partial charge on any atom is -0.348 e. The number of amides is 1. The zero-order valence-corrected chi connectivity index (χ0v) is 13.0. The van der Waals surface area contributed by atoms with Crippen LogP contribution in [-0.2, 0) is 14.6 Å². The van der Waals surface area contributed by atoms with Crippen molar-refractivity contribution < 1.29 is 13.2 Å². The highest BCUT2D eigenvalue weighted by atomic mass is 32.2. The Kier molecular flexibility index (Phi) is 4.74. The standard InChI is InChI=1S/C14H26N2O3S/c1-11-5-4-7-14(9-11,10-15)16-13(17)12-6-2-3-8-20(12,18)19/h11-12H,2-10,15H2,1H3,(H,16,17). The number of nitrogens with two attached hydrogens (primary N) is 1. The third-order valence-corrected chi connectivity index (χ3v) is 6.92. The number of sulfone groups is 1. The van der Waals surface area contributed by atoms with Crippen molar-refractivity contribution in [1.82, 2.24) is 5.32 Å². The van der Waals surface area contributed by atoms with Crippen LogP contribution in [-0.4, -0.2) is 37.4 Å². The first-order chi connectivity index (χ1) is 9.38. The molecule has 3 unspecified atom stereocenters. The topological polar surface area (TPSA) is 89.3 Å². The summed E-state index contributed by atoms with van der Waals surface area (Å²) in [4.78, 5) is 12.4. The molecule has 0 bridgehead atoms. The van der Waals surface area contributed by atoms with E-state index in [0.717, 1.165) is 32.1 Å². The summed E-state index contributed by atoms with van der Waals surface area (Å²) in [7, 11) is -3.27. The third kappa shape index (κ3) is 3.34. The van der Waals surface area contributed by atoms with Crippen LogP contribution in [0.15, 0.2) is 0 Å². The molecule has 1 aliphatic carbocycles. The smallest absolute Gasteiger partial charge is 0.238 e. The highest BCUT2D eigenvalue weighted by Gasteiger charge is 2.40. The molecular weight excluding hydrogens is 276 g/mol. The summed E-state index contributed by atoms with van der Waals surface area (Å²) in [5.74, 6) is 0.330. The molecule has 1 aliphatic heterocycles. The first-order valence-corrected chi connectivity index (χ1v) is 9.34. The molecule has 1 heterocycles. The molecule has 0 aromatic carbocycles. The van der Waals surface area contributed by atoms with E-state index in [0.29, 0.717) is 25.3 Å². The molecule has 20 heavy (non-hydrogen) atoms. The lowest BCUT2D eigenvalue weighted by molar-refractivity contribution is -0.123. The van der Waals surface area contributed by atoms with Gasteiger partial charge < -0.3 is 11.1 Å². The molecule has 0 aromatic rings. The van der Waals surface area contributed by atoms with E-state index in [4.69, 9.17) is 5.73 Å². The number of carbonyl (C=O) groups excluding carboxylic acids is 1. The Bertz CT molecular complexity index is 463. The van der Waals surface area contributed by atoms with Gasteiger partial charge in [-0.25, -0.2) is 8.42 Å². The molecule has 2 aliphatic rings. The lowest BCUT2D eigenvalue weighted by Crippen LogP contribution is -2.59. The molecule has 0 spiro atoms. The second-order valence-corrected chi connectivity index (χ2v) is 8.83. The summed E-state index contributed by atoms with van der Waals surface area (Å²) in [6.45, 7) is 2.54. The summed E-state index contributed by atoms with van der Waals surface area (Å²) < 4.78 is 24.1. The third-order valence-electron chi connectivity index (χ3n) is 4.74. The van der Waals surface area contributed by atoms with Crippen molar-refractivity contribution in [2.24, 2.45) is 11.7 Å². The Morgan fingerprint density at radius 3 is 2.65 bits per heavy atom. The van der Waals surface area contributed by atoms with E-state index in [9.17, 15) is 13.2 Å². The van der Waals surface area contributed by atoms with Crippen LogP contribution in [0.25, 0.3) is 0 Å². The van der Waals surface area contributed by atoms with Crippen molar-refractivity contribution in [3.8, 4) is 0 Å². The van der Waals surface area contributed by atoms with Gasteiger partial charge in [0.1, 0.15) is 5.25 Å². The van der Waals surface area contributed by atoms with Gasteiger partial charge in [0.25, 0.3) is 0 Å². The predicted molar refractivity (Wildman–Crippen MR) is 79.0 cm³/mol. The van der Waals surface area contributed by atoms with Gasteiger partial charge in [0, 0.05) is 6.54 Å². The molecule has 2 fully saturated rings. The van der Waals surface area contributed by atoms with Crippen LogP contribution in [0.3, 0.4) is 0 Å². The summed E-state index contributed by atoms with van der Waals surface area (Å²) in [5.41, 5.74) is 5.48. The molecule has 6 heteroatoms. The van der Waals surface area contributed by atoms with E-state index in [-0.39, 0.29) is 11.7 Å². The fraction of sp³-hybridized carbons (Fsp3) is 0.929. The van der Waals surface area contributed by atoms with Crippen LogP contribution in [0.2, 0.25) is 0 Å². The molecule has 5 nitrogen and oxygen atoms in total. The summed E-state index contributed by atoms with van der Waals surface area (Å²) >= 11 is 0. The SMILES string of the molecule is CC1CCCC(CN)(NC(=O)C2CCCCS2(=O)=O)C1. The van der Waals surface area contributed by atoms with Gasteiger partial charge in [-0.05, 0) is 31.6 Å². The first-order valence-electron chi connectivity index (χ1n) is 7.62. The van der Waals surface area contributed by atoms with Crippen molar-refractivity contribution in [1.29, 1.82) is 0 Å². The number of rotatable bonds is 3. The molecule has 1 saturated carbocycles.